The highest BCUT2D eigenvalue weighted by molar-refractivity contribution is 6.46. The number of aromatic hydroxyl groups is 1. The maximum absolute atomic E-state index is 13.1. The molecular formula is C27H34N2O6. The Morgan fingerprint density at radius 1 is 1.09 bits per heavy atom. The number of aliphatic hydroxyl groups is 1. The summed E-state index contributed by atoms with van der Waals surface area (Å²) in [6.07, 6.45) is 2.61. The highest BCUT2D eigenvalue weighted by Crippen LogP contribution is 2.41. The first kappa shape index (κ1) is 26.1. The molecule has 0 aliphatic carbocycles. The molecule has 2 aromatic carbocycles. The topological polar surface area (TPSA) is 99.5 Å². The average Bonchev–Trinajstić information content (AvgIpc) is 3.09. The van der Waals surface area contributed by atoms with Crippen LogP contribution in [0.5, 0.6) is 17.2 Å². The van der Waals surface area contributed by atoms with E-state index in [0.29, 0.717) is 36.4 Å². The number of nitrogens with zero attached hydrogens (tertiary/aromatic N) is 2. The van der Waals surface area contributed by atoms with Gasteiger partial charge in [0.15, 0.2) is 11.5 Å². The highest BCUT2D eigenvalue weighted by atomic mass is 16.5. The van der Waals surface area contributed by atoms with Crippen molar-refractivity contribution in [2.75, 3.05) is 40.9 Å². The molecule has 0 spiro atoms. The molecule has 0 saturated carbocycles. The van der Waals surface area contributed by atoms with Gasteiger partial charge in [0.2, 0.25) is 0 Å². The molecule has 1 saturated heterocycles. The van der Waals surface area contributed by atoms with Crippen LogP contribution in [0.3, 0.4) is 0 Å². The molecule has 1 unspecified atom stereocenters. The van der Waals surface area contributed by atoms with Gasteiger partial charge in [-0.1, -0.05) is 19.4 Å². The molecular weight excluding hydrogens is 448 g/mol. The van der Waals surface area contributed by atoms with Crippen LogP contribution >= 0.6 is 0 Å². The van der Waals surface area contributed by atoms with Gasteiger partial charge in [0.05, 0.1) is 25.3 Å². The van der Waals surface area contributed by atoms with Crippen LogP contribution in [0.15, 0.2) is 48.0 Å². The Morgan fingerprint density at radius 2 is 1.80 bits per heavy atom. The molecule has 1 fully saturated rings. The summed E-state index contributed by atoms with van der Waals surface area (Å²) < 4.78 is 10.9. The van der Waals surface area contributed by atoms with E-state index in [9.17, 15) is 19.8 Å². The Morgan fingerprint density at radius 3 is 2.43 bits per heavy atom. The van der Waals surface area contributed by atoms with E-state index in [-0.39, 0.29) is 22.8 Å². The number of amides is 1. The van der Waals surface area contributed by atoms with E-state index in [1.165, 1.54) is 18.1 Å². The highest BCUT2D eigenvalue weighted by Gasteiger charge is 2.46. The van der Waals surface area contributed by atoms with E-state index in [1.807, 2.05) is 19.0 Å². The second-order valence-electron chi connectivity index (χ2n) is 8.81. The number of benzene rings is 2. The van der Waals surface area contributed by atoms with Crippen LogP contribution in [0, 0.1) is 0 Å². The van der Waals surface area contributed by atoms with Gasteiger partial charge < -0.3 is 29.5 Å². The Bertz CT molecular complexity index is 1080. The number of carbonyl (C=O) groups is 2. The second-order valence-corrected chi connectivity index (χ2v) is 8.81. The van der Waals surface area contributed by atoms with Crippen LogP contribution < -0.4 is 9.47 Å². The van der Waals surface area contributed by atoms with Crippen molar-refractivity contribution >= 4 is 17.4 Å². The molecule has 1 aliphatic heterocycles. The number of hydrogen-bond donors (Lipinski definition) is 2. The minimum absolute atomic E-state index is 0.00671. The fourth-order valence-electron chi connectivity index (χ4n) is 4.08. The van der Waals surface area contributed by atoms with Crippen LogP contribution in [0.25, 0.3) is 5.76 Å². The van der Waals surface area contributed by atoms with Gasteiger partial charge in [0, 0.05) is 12.1 Å². The number of ketones is 1. The van der Waals surface area contributed by atoms with E-state index in [1.54, 1.807) is 36.4 Å². The van der Waals surface area contributed by atoms with E-state index in [0.717, 1.165) is 19.4 Å². The summed E-state index contributed by atoms with van der Waals surface area (Å²) in [5, 5.41) is 21.3. The molecule has 0 aromatic heterocycles. The lowest BCUT2D eigenvalue weighted by atomic mass is 9.95. The Balaban J connectivity index is 2.03. The molecule has 3 rings (SSSR count). The third-order valence-corrected chi connectivity index (χ3v) is 5.96. The quantitative estimate of drug-likeness (QED) is 0.216. The van der Waals surface area contributed by atoms with Crippen LogP contribution in [0.1, 0.15) is 43.4 Å². The third-order valence-electron chi connectivity index (χ3n) is 5.96. The van der Waals surface area contributed by atoms with E-state index < -0.39 is 17.7 Å². The summed E-state index contributed by atoms with van der Waals surface area (Å²) in [5.41, 5.74) is 0.979. The fraction of sp³-hybridized carbons (Fsp3) is 0.407. The standard InChI is InChI=1S/C27H34N2O6/c1-5-6-16-35-20-11-8-18(9-12-20)25(31)23-24(19-10-13-21(30)22(17-19)34-4)29(27(33)26(23)32)15-7-14-28(2)3/h8-13,17,24,30-31H,5-7,14-16H2,1-4H3/b25-23-. The van der Waals surface area contributed by atoms with Crippen molar-refractivity contribution in [3.63, 3.8) is 0 Å². The van der Waals surface area contributed by atoms with Crippen molar-refractivity contribution in [3.05, 3.63) is 59.2 Å². The van der Waals surface area contributed by atoms with Crippen LogP contribution in [-0.4, -0.2) is 72.6 Å². The first-order chi connectivity index (χ1) is 16.8. The normalized spacial score (nSPS) is 17.3. The summed E-state index contributed by atoms with van der Waals surface area (Å²) in [5.74, 6) is -0.835. The summed E-state index contributed by atoms with van der Waals surface area (Å²) in [6, 6.07) is 10.7. The molecule has 1 amide bonds. The molecule has 0 bridgehead atoms. The number of hydrogen-bond acceptors (Lipinski definition) is 7. The molecule has 1 aliphatic rings. The lowest BCUT2D eigenvalue weighted by Crippen LogP contribution is -2.32. The number of unbranched alkanes of at least 4 members (excludes halogenated alkanes) is 1. The first-order valence-electron chi connectivity index (χ1n) is 11.8. The summed E-state index contributed by atoms with van der Waals surface area (Å²) in [4.78, 5) is 29.7. The number of aliphatic hydroxyl groups excluding tert-OH is 1. The number of Topliss-reactive ketones (excluding diaryl/α,β-unsaturated/α-hetero) is 1. The smallest absolute Gasteiger partial charge is 0.295 e. The molecule has 0 radical (unpaired) electrons. The van der Waals surface area contributed by atoms with Gasteiger partial charge in [-0.25, -0.2) is 0 Å². The van der Waals surface area contributed by atoms with Gasteiger partial charge >= 0.3 is 0 Å². The maximum Gasteiger partial charge on any atom is 0.295 e. The van der Waals surface area contributed by atoms with Crippen molar-refractivity contribution in [1.29, 1.82) is 0 Å². The lowest BCUT2D eigenvalue weighted by molar-refractivity contribution is -0.139. The molecule has 35 heavy (non-hydrogen) atoms. The van der Waals surface area contributed by atoms with Gasteiger partial charge in [-0.2, -0.15) is 0 Å². The van der Waals surface area contributed by atoms with Crippen molar-refractivity contribution in [3.8, 4) is 17.2 Å². The second kappa shape index (κ2) is 11.8. The lowest BCUT2D eigenvalue weighted by Gasteiger charge is -2.26. The predicted molar refractivity (Wildman–Crippen MR) is 134 cm³/mol. The van der Waals surface area contributed by atoms with Crippen LogP contribution in [-0.2, 0) is 9.59 Å². The maximum atomic E-state index is 13.1. The van der Waals surface area contributed by atoms with Crippen molar-refractivity contribution in [1.82, 2.24) is 9.80 Å². The van der Waals surface area contributed by atoms with Crippen LogP contribution in [0.2, 0.25) is 0 Å². The van der Waals surface area contributed by atoms with E-state index in [2.05, 4.69) is 6.92 Å². The number of phenols is 1. The number of ether oxygens (including phenoxy) is 2. The molecule has 2 N–H and O–H groups in total. The largest absolute Gasteiger partial charge is 0.507 e. The Hall–Kier alpha value is -3.52. The SMILES string of the molecule is CCCCOc1ccc(/C(O)=C2/C(=O)C(=O)N(CCCN(C)C)C2c2ccc(O)c(OC)c2)cc1. The monoisotopic (exact) mass is 482 g/mol. The van der Waals surface area contributed by atoms with E-state index in [4.69, 9.17) is 9.47 Å². The Labute approximate surface area is 206 Å². The molecule has 1 heterocycles. The van der Waals surface area contributed by atoms with Gasteiger partial charge in [-0.05, 0) is 75.4 Å². The number of methoxy groups -OCH3 is 1. The minimum atomic E-state index is -0.813. The van der Waals surface area contributed by atoms with Gasteiger partial charge in [-0.15, -0.1) is 0 Å². The molecule has 8 nitrogen and oxygen atoms in total. The zero-order valence-electron chi connectivity index (χ0n) is 20.8. The predicted octanol–water partition coefficient (Wildman–Crippen LogP) is 3.95. The first-order valence-corrected chi connectivity index (χ1v) is 11.8. The molecule has 8 heteroatoms. The van der Waals surface area contributed by atoms with E-state index >= 15 is 0 Å². The average molecular weight is 483 g/mol. The van der Waals surface area contributed by atoms with Gasteiger partial charge in [0.25, 0.3) is 11.7 Å². The Kier molecular flexibility index (Phi) is 8.76. The number of phenolic OH excluding ortho intramolecular Hbond substituents is 1. The summed E-state index contributed by atoms with van der Waals surface area (Å²) >= 11 is 0. The van der Waals surface area contributed by atoms with Gasteiger partial charge in [-0.3, -0.25) is 9.59 Å². The zero-order valence-corrected chi connectivity index (χ0v) is 20.8. The molecule has 2 aromatic rings. The zero-order chi connectivity index (χ0) is 25.5. The summed E-state index contributed by atoms with van der Waals surface area (Å²) in [6.45, 7) is 3.74. The molecule has 1 atom stereocenters. The van der Waals surface area contributed by atoms with Crippen LogP contribution in [0.4, 0.5) is 0 Å². The number of carbonyl (C=O) groups excluding carboxylic acids is 2. The van der Waals surface area contributed by atoms with Crippen molar-refractivity contribution in [2.24, 2.45) is 0 Å². The number of likely N-dealkylation sites (tertiary alicyclic amines) is 1. The minimum Gasteiger partial charge on any atom is -0.507 e. The number of rotatable bonds is 11. The van der Waals surface area contributed by atoms with Gasteiger partial charge in [0.1, 0.15) is 11.5 Å². The van der Waals surface area contributed by atoms with Crippen molar-refractivity contribution < 1.29 is 29.3 Å². The third kappa shape index (κ3) is 5.95. The summed E-state index contributed by atoms with van der Waals surface area (Å²) in [7, 11) is 5.30. The molecule has 188 valence electrons. The van der Waals surface area contributed by atoms with Crippen molar-refractivity contribution in [2.45, 2.75) is 32.2 Å². The fourth-order valence-corrected chi connectivity index (χ4v) is 4.08.